The molecule has 1 fully saturated rings. The van der Waals surface area contributed by atoms with Gasteiger partial charge in [0.2, 0.25) is 11.8 Å². The number of ether oxygens (including phenoxy) is 1. The van der Waals surface area contributed by atoms with E-state index >= 15 is 0 Å². The number of aryl methyl sites for hydroxylation is 3. The first-order chi connectivity index (χ1) is 23.0. The summed E-state index contributed by atoms with van der Waals surface area (Å²) >= 11 is 1.59. The van der Waals surface area contributed by atoms with E-state index in [1.807, 2.05) is 17.0 Å². The number of benzene rings is 1. The highest BCUT2D eigenvalue weighted by molar-refractivity contribution is 7.23. The van der Waals surface area contributed by atoms with Gasteiger partial charge >= 0.3 is 0 Å². The number of thiophene rings is 1. The number of carbonyl (C=O) groups excluding carboxylic acids is 1. The first-order valence-electron chi connectivity index (χ1n) is 16.6. The SMILES string of the molecule is CCCN1Cc2nc(CCC3CCOCC3)c(-c3nnc(C)o3)c(-c3cc4ccnc(NC5CCc6ccc(F)cc65)c4s3)c2C1=O. The quantitative estimate of drug-likeness (QED) is 0.173. The van der Waals surface area contributed by atoms with E-state index < -0.39 is 0 Å². The number of rotatable bonds is 9. The molecule has 1 saturated heterocycles. The van der Waals surface area contributed by atoms with E-state index in [0.717, 1.165) is 107 Å². The molecule has 0 bridgehead atoms. The Labute approximate surface area is 276 Å². The topological polar surface area (TPSA) is 106 Å². The largest absolute Gasteiger partial charge is 0.421 e. The standard InChI is InChI=1S/C36H37FN6O3S/c1-3-14-43-19-28-31(36(43)44)32(30(35-42-41-20(2)46-35)27(39-28)8-4-21-11-15-45-16-12-21)29-17-23-10-13-38-34(33(23)47-29)40-26-9-6-22-5-7-24(37)18-25(22)26/h5,7,10,13,17-18,21,26H,3-4,6,8-9,11-12,14-16,19H2,1-2H3,(H,38,40). The summed E-state index contributed by atoms with van der Waals surface area (Å²) in [5.74, 6) is 1.90. The first kappa shape index (κ1) is 30.1. The van der Waals surface area contributed by atoms with Crippen LogP contribution in [0.1, 0.15) is 83.8 Å². The summed E-state index contributed by atoms with van der Waals surface area (Å²) in [6.07, 6.45) is 8.19. The van der Waals surface area contributed by atoms with E-state index in [1.54, 1.807) is 30.5 Å². The fourth-order valence-electron chi connectivity index (χ4n) is 7.40. The Morgan fingerprint density at radius 1 is 1.09 bits per heavy atom. The van der Waals surface area contributed by atoms with Crippen molar-refractivity contribution >= 4 is 33.1 Å². The van der Waals surface area contributed by atoms with Crippen molar-refractivity contribution in [2.24, 2.45) is 5.92 Å². The molecule has 47 heavy (non-hydrogen) atoms. The second kappa shape index (κ2) is 12.4. The Balaban J connectivity index is 1.27. The van der Waals surface area contributed by atoms with Gasteiger partial charge in [0.25, 0.3) is 5.91 Å². The molecule has 1 unspecified atom stereocenters. The number of carbonyl (C=O) groups is 1. The molecule has 1 aliphatic carbocycles. The fraction of sp³-hybridized carbons (Fsp3) is 0.417. The van der Waals surface area contributed by atoms with Gasteiger partial charge in [-0.3, -0.25) is 9.78 Å². The number of pyridine rings is 2. The molecule has 11 heteroatoms. The van der Waals surface area contributed by atoms with Crippen LogP contribution in [0.2, 0.25) is 0 Å². The highest BCUT2D eigenvalue weighted by Crippen LogP contribution is 2.47. The van der Waals surface area contributed by atoms with E-state index in [-0.39, 0.29) is 17.8 Å². The van der Waals surface area contributed by atoms with Crippen LogP contribution in [-0.2, 0) is 24.1 Å². The number of fused-ring (bicyclic) bond motifs is 3. The second-order valence-electron chi connectivity index (χ2n) is 12.8. The third-order valence-corrected chi connectivity index (χ3v) is 10.9. The lowest BCUT2D eigenvalue weighted by Crippen LogP contribution is -2.24. The average molecular weight is 653 g/mol. The van der Waals surface area contributed by atoms with Crippen molar-refractivity contribution in [3.63, 3.8) is 0 Å². The zero-order chi connectivity index (χ0) is 32.1. The smallest absolute Gasteiger partial charge is 0.256 e. The van der Waals surface area contributed by atoms with Crippen LogP contribution in [0.5, 0.6) is 0 Å². The summed E-state index contributed by atoms with van der Waals surface area (Å²) in [6.45, 7) is 6.59. The lowest BCUT2D eigenvalue weighted by atomic mass is 9.90. The monoisotopic (exact) mass is 652 g/mol. The molecule has 3 aliphatic rings. The lowest BCUT2D eigenvalue weighted by molar-refractivity contribution is 0.0639. The van der Waals surface area contributed by atoms with Crippen molar-refractivity contribution in [2.45, 2.75) is 71.4 Å². The van der Waals surface area contributed by atoms with Crippen LogP contribution >= 0.6 is 11.3 Å². The molecule has 2 aliphatic heterocycles. The van der Waals surface area contributed by atoms with E-state index in [4.69, 9.17) is 19.1 Å². The van der Waals surface area contributed by atoms with Crippen LogP contribution in [0.25, 0.3) is 32.0 Å². The number of amides is 1. The Morgan fingerprint density at radius 2 is 1.96 bits per heavy atom. The molecule has 0 saturated carbocycles. The molecule has 9 nitrogen and oxygen atoms in total. The number of halogens is 1. The fourth-order valence-corrected chi connectivity index (χ4v) is 8.57. The minimum absolute atomic E-state index is 0.0173. The maximum Gasteiger partial charge on any atom is 0.256 e. The molecule has 1 atom stereocenters. The van der Waals surface area contributed by atoms with Crippen molar-refractivity contribution in [1.29, 1.82) is 0 Å². The van der Waals surface area contributed by atoms with Crippen molar-refractivity contribution in [1.82, 2.24) is 25.1 Å². The van der Waals surface area contributed by atoms with Crippen LogP contribution in [-0.4, -0.2) is 50.7 Å². The number of anilines is 1. The number of hydrogen-bond acceptors (Lipinski definition) is 9. The lowest BCUT2D eigenvalue weighted by Gasteiger charge is -2.22. The Kier molecular flexibility index (Phi) is 7.97. The molecule has 1 aromatic carbocycles. The van der Waals surface area contributed by atoms with Crippen LogP contribution in [0.4, 0.5) is 10.2 Å². The molecule has 6 heterocycles. The summed E-state index contributed by atoms with van der Waals surface area (Å²) in [6, 6.07) is 9.14. The highest BCUT2D eigenvalue weighted by Gasteiger charge is 2.37. The predicted molar refractivity (Wildman–Crippen MR) is 179 cm³/mol. The van der Waals surface area contributed by atoms with Crippen LogP contribution in [0.15, 0.2) is 40.9 Å². The molecule has 8 rings (SSSR count). The summed E-state index contributed by atoms with van der Waals surface area (Å²) in [4.78, 5) is 26.9. The van der Waals surface area contributed by atoms with Gasteiger partial charge in [-0.05, 0) is 91.6 Å². The third kappa shape index (κ3) is 5.59. The zero-order valence-corrected chi connectivity index (χ0v) is 27.5. The average Bonchev–Trinajstić information content (AvgIpc) is 3.87. The van der Waals surface area contributed by atoms with Gasteiger partial charge in [0.1, 0.15) is 11.6 Å². The molecule has 4 aromatic heterocycles. The number of aromatic nitrogens is 4. The van der Waals surface area contributed by atoms with Crippen LogP contribution < -0.4 is 5.32 Å². The first-order valence-corrected chi connectivity index (χ1v) is 17.5. The normalized spacial score (nSPS) is 17.9. The molecule has 0 spiro atoms. The van der Waals surface area contributed by atoms with Crippen LogP contribution in [0.3, 0.4) is 0 Å². The minimum Gasteiger partial charge on any atom is -0.421 e. The maximum atomic E-state index is 14.2. The summed E-state index contributed by atoms with van der Waals surface area (Å²) in [5, 5.41) is 13.3. The minimum atomic E-state index is -0.230. The van der Waals surface area contributed by atoms with Gasteiger partial charge in [-0.1, -0.05) is 13.0 Å². The predicted octanol–water partition coefficient (Wildman–Crippen LogP) is 7.68. The van der Waals surface area contributed by atoms with E-state index in [1.165, 1.54) is 11.6 Å². The van der Waals surface area contributed by atoms with E-state index in [2.05, 4.69) is 28.5 Å². The van der Waals surface area contributed by atoms with Crippen molar-refractivity contribution in [3.05, 3.63) is 76.3 Å². The van der Waals surface area contributed by atoms with Crippen molar-refractivity contribution in [2.75, 3.05) is 25.1 Å². The van der Waals surface area contributed by atoms with Gasteiger partial charge in [0.15, 0.2) is 0 Å². The zero-order valence-electron chi connectivity index (χ0n) is 26.6. The second-order valence-corrected chi connectivity index (χ2v) is 13.9. The molecule has 242 valence electrons. The number of nitrogens with zero attached hydrogens (tertiary/aromatic N) is 5. The van der Waals surface area contributed by atoms with E-state index in [9.17, 15) is 9.18 Å². The van der Waals surface area contributed by atoms with Crippen LogP contribution in [0, 0.1) is 18.7 Å². The van der Waals surface area contributed by atoms with Gasteiger partial charge < -0.3 is 19.4 Å². The molecular formula is C36H37FN6O3S. The third-order valence-electron chi connectivity index (χ3n) is 9.73. The Bertz CT molecular complexity index is 1980. The van der Waals surface area contributed by atoms with Crippen molar-refractivity contribution in [3.8, 4) is 21.9 Å². The molecule has 1 N–H and O–H groups in total. The maximum absolute atomic E-state index is 14.2. The molecule has 1 amide bonds. The van der Waals surface area contributed by atoms with E-state index in [0.29, 0.717) is 36.4 Å². The van der Waals surface area contributed by atoms with Gasteiger partial charge in [0, 0.05) is 43.3 Å². The summed E-state index contributed by atoms with van der Waals surface area (Å²) in [7, 11) is 0. The Hall–Kier alpha value is -4.22. The Morgan fingerprint density at radius 3 is 2.77 bits per heavy atom. The van der Waals surface area contributed by atoms with Gasteiger partial charge in [-0.2, -0.15) is 0 Å². The number of nitrogens with one attached hydrogen (secondary N) is 1. The van der Waals surface area contributed by atoms with Gasteiger partial charge in [-0.25, -0.2) is 9.37 Å². The van der Waals surface area contributed by atoms with Gasteiger partial charge in [0.05, 0.1) is 39.8 Å². The summed E-state index contributed by atoms with van der Waals surface area (Å²) in [5.41, 5.74) is 6.02. The number of hydrogen-bond donors (Lipinski definition) is 1. The molecule has 5 aromatic rings. The molecule has 0 radical (unpaired) electrons. The van der Waals surface area contributed by atoms with Crippen molar-refractivity contribution < 1.29 is 18.3 Å². The van der Waals surface area contributed by atoms with Gasteiger partial charge in [-0.15, -0.1) is 21.5 Å². The molecular weight excluding hydrogens is 616 g/mol. The highest BCUT2D eigenvalue weighted by atomic mass is 32.1. The summed E-state index contributed by atoms with van der Waals surface area (Å²) < 4.78 is 26.9.